The molecule has 1 rings (SSSR count). The van der Waals surface area contributed by atoms with Crippen LogP contribution in [-0.4, -0.2) is 17.3 Å². The van der Waals surface area contributed by atoms with Gasteiger partial charge in [-0.15, -0.1) is 0 Å². The van der Waals surface area contributed by atoms with Crippen molar-refractivity contribution in [2.75, 3.05) is 0 Å². The molecule has 2 unspecified atom stereocenters. The minimum Gasteiger partial charge on any atom is -0.385 e. The lowest BCUT2D eigenvalue weighted by Crippen LogP contribution is -2.43. The Labute approximate surface area is 81.4 Å². The van der Waals surface area contributed by atoms with Gasteiger partial charge in [0.05, 0.1) is 0 Å². The van der Waals surface area contributed by atoms with Gasteiger partial charge in [0.2, 0.25) is 0 Å². The average Bonchev–Trinajstić information content (AvgIpc) is 2.18. The van der Waals surface area contributed by atoms with Crippen LogP contribution in [0.4, 0.5) is 8.78 Å². The van der Waals surface area contributed by atoms with Crippen LogP contribution in [-0.2, 0) is 5.92 Å². The molecule has 78 valence electrons. The van der Waals surface area contributed by atoms with Gasteiger partial charge in [0.15, 0.2) is 0 Å². The lowest BCUT2D eigenvalue weighted by atomic mass is 9.99. The van der Waals surface area contributed by atoms with E-state index in [9.17, 15) is 13.9 Å². The van der Waals surface area contributed by atoms with Gasteiger partial charge in [-0.1, -0.05) is 30.3 Å². The van der Waals surface area contributed by atoms with E-state index in [1.165, 1.54) is 31.2 Å². The molecule has 0 radical (unpaired) electrons. The molecule has 0 fully saturated rings. The predicted octanol–water partition coefficient (Wildman–Crippen LogP) is 1.49. The van der Waals surface area contributed by atoms with Crippen molar-refractivity contribution in [1.82, 2.24) is 0 Å². The number of hydrogen-bond acceptors (Lipinski definition) is 2. The Bertz CT molecular complexity index is 287. The summed E-state index contributed by atoms with van der Waals surface area (Å²) >= 11 is 0. The topological polar surface area (TPSA) is 46.2 Å². The Kier molecular flexibility index (Phi) is 3.18. The van der Waals surface area contributed by atoms with Gasteiger partial charge in [0.1, 0.15) is 6.10 Å². The van der Waals surface area contributed by atoms with E-state index < -0.39 is 18.1 Å². The number of nitrogens with two attached hydrogens (primary N) is 1. The highest BCUT2D eigenvalue weighted by Crippen LogP contribution is 2.32. The van der Waals surface area contributed by atoms with Crippen LogP contribution in [0.2, 0.25) is 0 Å². The van der Waals surface area contributed by atoms with Crippen molar-refractivity contribution in [3.05, 3.63) is 35.9 Å². The van der Waals surface area contributed by atoms with Gasteiger partial charge in [-0.2, -0.15) is 8.78 Å². The van der Waals surface area contributed by atoms with Gasteiger partial charge in [-0.25, -0.2) is 0 Å². The van der Waals surface area contributed by atoms with Crippen molar-refractivity contribution in [3.8, 4) is 0 Å². The average molecular weight is 201 g/mol. The van der Waals surface area contributed by atoms with Crippen LogP contribution in [0, 0.1) is 0 Å². The van der Waals surface area contributed by atoms with Crippen LogP contribution < -0.4 is 5.73 Å². The highest BCUT2D eigenvalue weighted by atomic mass is 19.3. The maximum atomic E-state index is 13.5. The van der Waals surface area contributed by atoms with Crippen LogP contribution in [0.25, 0.3) is 0 Å². The molecule has 0 spiro atoms. The number of halogens is 2. The van der Waals surface area contributed by atoms with Crippen LogP contribution in [0.5, 0.6) is 0 Å². The Morgan fingerprint density at radius 3 is 2.21 bits per heavy atom. The number of aliphatic hydroxyl groups is 1. The second-order valence-electron chi connectivity index (χ2n) is 3.29. The summed E-state index contributed by atoms with van der Waals surface area (Å²) in [5, 5.41) is 9.23. The monoisotopic (exact) mass is 201 g/mol. The zero-order valence-electron chi connectivity index (χ0n) is 7.82. The van der Waals surface area contributed by atoms with E-state index in [0.29, 0.717) is 0 Å². The van der Waals surface area contributed by atoms with Crippen molar-refractivity contribution in [2.24, 2.45) is 5.73 Å². The van der Waals surface area contributed by atoms with Crippen LogP contribution in [0.15, 0.2) is 30.3 Å². The van der Waals surface area contributed by atoms with Gasteiger partial charge in [-0.05, 0) is 6.92 Å². The predicted molar refractivity (Wildman–Crippen MR) is 50.0 cm³/mol. The Morgan fingerprint density at radius 2 is 1.79 bits per heavy atom. The summed E-state index contributed by atoms with van der Waals surface area (Å²) in [5.41, 5.74) is 5.01. The molecule has 1 aromatic carbocycles. The first-order valence-corrected chi connectivity index (χ1v) is 4.33. The molecule has 0 heterocycles. The lowest BCUT2D eigenvalue weighted by Gasteiger charge is -2.25. The molecule has 0 amide bonds. The quantitative estimate of drug-likeness (QED) is 0.778. The highest BCUT2D eigenvalue weighted by Gasteiger charge is 2.42. The summed E-state index contributed by atoms with van der Waals surface area (Å²) < 4.78 is 26.9. The molecule has 0 saturated heterocycles. The maximum Gasteiger partial charge on any atom is 0.300 e. The van der Waals surface area contributed by atoms with E-state index in [0.717, 1.165) is 0 Å². The normalized spacial score (nSPS) is 16.4. The zero-order chi connectivity index (χ0) is 10.8. The molecule has 0 aromatic heterocycles. The van der Waals surface area contributed by atoms with Crippen molar-refractivity contribution < 1.29 is 13.9 Å². The smallest absolute Gasteiger partial charge is 0.300 e. The van der Waals surface area contributed by atoms with Crippen molar-refractivity contribution in [2.45, 2.75) is 25.0 Å². The fourth-order valence-corrected chi connectivity index (χ4v) is 1.16. The maximum absolute atomic E-state index is 13.5. The van der Waals surface area contributed by atoms with Crippen LogP contribution in [0.3, 0.4) is 0 Å². The minimum absolute atomic E-state index is 0.218. The third kappa shape index (κ3) is 2.08. The number of benzene rings is 1. The summed E-state index contributed by atoms with van der Waals surface area (Å²) in [6, 6.07) is 6.20. The second kappa shape index (κ2) is 4.02. The standard InChI is InChI=1S/C10H13F2NO/c1-7(13)9(14)10(11,12)8-5-3-2-4-6-8/h2-7,9,14H,13H2,1H3. The lowest BCUT2D eigenvalue weighted by molar-refractivity contribution is -0.122. The van der Waals surface area contributed by atoms with E-state index in [2.05, 4.69) is 0 Å². The Balaban J connectivity index is 2.96. The first-order chi connectivity index (χ1) is 6.46. The van der Waals surface area contributed by atoms with E-state index in [4.69, 9.17) is 5.73 Å². The third-order valence-corrected chi connectivity index (χ3v) is 2.03. The molecule has 2 nitrogen and oxygen atoms in total. The summed E-state index contributed by atoms with van der Waals surface area (Å²) in [7, 11) is 0. The third-order valence-electron chi connectivity index (χ3n) is 2.03. The van der Waals surface area contributed by atoms with Gasteiger partial charge >= 0.3 is 0 Å². The van der Waals surface area contributed by atoms with Gasteiger partial charge < -0.3 is 10.8 Å². The largest absolute Gasteiger partial charge is 0.385 e. The SMILES string of the molecule is CC(N)C(O)C(F)(F)c1ccccc1. The fraction of sp³-hybridized carbons (Fsp3) is 0.400. The van der Waals surface area contributed by atoms with Gasteiger partial charge in [0, 0.05) is 11.6 Å². The second-order valence-corrected chi connectivity index (χ2v) is 3.29. The molecular weight excluding hydrogens is 188 g/mol. The fourth-order valence-electron chi connectivity index (χ4n) is 1.16. The Hall–Kier alpha value is -1.00. The molecule has 14 heavy (non-hydrogen) atoms. The van der Waals surface area contributed by atoms with Crippen LogP contribution in [0.1, 0.15) is 12.5 Å². The molecule has 0 saturated carbocycles. The molecule has 3 N–H and O–H groups in total. The molecule has 0 aliphatic heterocycles. The van der Waals surface area contributed by atoms with E-state index in [1.54, 1.807) is 6.07 Å². The van der Waals surface area contributed by atoms with Crippen LogP contribution >= 0.6 is 0 Å². The van der Waals surface area contributed by atoms with E-state index in [1.807, 2.05) is 0 Å². The highest BCUT2D eigenvalue weighted by molar-refractivity contribution is 5.21. The first-order valence-electron chi connectivity index (χ1n) is 4.33. The van der Waals surface area contributed by atoms with Gasteiger partial charge in [-0.3, -0.25) is 0 Å². The molecule has 0 bridgehead atoms. The summed E-state index contributed by atoms with van der Waals surface area (Å²) in [4.78, 5) is 0. The molecule has 4 heteroatoms. The van der Waals surface area contributed by atoms with E-state index >= 15 is 0 Å². The van der Waals surface area contributed by atoms with E-state index in [-0.39, 0.29) is 5.56 Å². The number of alkyl halides is 2. The molecular formula is C10H13F2NO. The molecule has 1 aromatic rings. The first kappa shape index (κ1) is 11.1. The molecule has 0 aliphatic rings. The molecule has 0 aliphatic carbocycles. The van der Waals surface area contributed by atoms with Crippen molar-refractivity contribution in [3.63, 3.8) is 0 Å². The van der Waals surface area contributed by atoms with Gasteiger partial charge in [0.25, 0.3) is 5.92 Å². The van der Waals surface area contributed by atoms with Crippen molar-refractivity contribution in [1.29, 1.82) is 0 Å². The molecule has 2 atom stereocenters. The van der Waals surface area contributed by atoms with Crippen molar-refractivity contribution >= 4 is 0 Å². The summed E-state index contributed by atoms with van der Waals surface area (Å²) in [6.45, 7) is 1.35. The number of aliphatic hydroxyl groups excluding tert-OH is 1. The minimum atomic E-state index is -3.30. The summed E-state index contributed by atoms with van der Waals surface area (Å²) in [6.07, 6.45) is -1.86. The zero-order valence-corrected chi connectivity index (χ0v) is 7.82. The summed E-state index contributed by atoms with van der Waals surface area (Å²) in [5.74, 6) is -3.30. The number of hydrogen-bond donors (Lipinski definition) is 2. The Morgan fingerprint density at radius 1 is 1.29 bits per heavy atom. The number of rotatable bonds is 3.